The van der Waals surface area contributed by atoms with Crippen LogP contribution in [0.1, 0.15) is 27.3 Å². The van der Waals surface area contributed by atoms with Crippen LogP contribution in [0.15, 0.2) is 84.0 Å². The number of anilines is 1. The number of hydrogen-bond donors (Lipinski definition) is 1. The predicted molar refractivity (Wildman–Crippen MR) is 143 cm³/mol. The van der Waals surface area contributed by atoms with Crippen molar-refractivity contribution in [1.29, 1.82) is 0 Å². The van der Waals surface area contributed by atoms with Gasteiger partial charge in [-0.05, 0) is 47.9 Å². The number of ether oxygens (including phenoxy) is 1. The maximum Gasteiger partial charge on any atom is 0.251 e. The number of methoxy groups -OCH3 is 1. The fourth-order valence-corrected chi connectivity index (χ4v) is 5.12. The molecule has 1 N–H and O–H groups in total. The highest BCUT2D eigenvalue weighted by Gasteiger charge is 2.25. The Morgan fingerprint density at radius 2 is 1.73 bits per heavy atom. The molecular weight excluding hydrogens is 486 g/mol. The summed E-state index contributed by atoms with van der Waals surface area (Å²) in [6.45, 7) is 1.43. The predicted octanol–water partition coefficient (Wildman–Crippen LogP) is 3.95. The van der Waals surface area contributed by atoms with Crippen LogP contribution in [-0.2, 0) is 24.3 Å². The first-order chi connectivity index (χ1) is 18.1. The Bertz CT molecular complexity index is 1390. The molecule has 4 aromatic rings. The minimum absolute atomic E-state index is 0.0403. The van der Waals surface area contributed by atoms with E-state index in [4.69, 9.17) is 4.74 Å². The Kier molecular flexibility index (Phi) is 7.51. The molecule has 1 aliphatic heterocycles. The van der Waals surface area contributed by atoms with E-state index in [1.165, 1.54) is 17.3 Å². The van der Waals surface area contributed by atoms with Crippen molar-refractivity contribution in [2.75, 3.05) is 24.3 Å². The quantitative estimate of drug-likeness (QED) is 0.341. The highest BCUT2D eigenvalue weighted by atomic mass is 32.2. The van der Waals surface area contributed by atoms with Crippen molar-refractivity contribution >= 4 is 29.3 Å². The van der Waals surface area contributed by atoms with Crippen molar-refractivity contribution < 1.29 is 14.3 Å². The van der Waals surface area contributed by atoms with E-state index >= 15 is 0 Å². The lowest BCUT2D eigenvalue weighted by molar-refractivity contribution is -0.116. The van der Waals surface area contributed by atoms with Crippen molar-refractivity contribution in [2.24, 2.45) is 0 Å². The molecule has 0 saturated heterocycles. The van der Waals surface area contributed by atoms with Crippen LogP contribution in [0.5, 0.6) is 5.75 Å². The maximum atomic E-state index is 13.1. The number of nitrogens with one attached hydrogen (secondary N) is 1. The number of hydrogen-bond acceptors (Lipinski definition) is 6. The standard InChI is InChI=1S/C28H27N5O3S/c1-36-23-13-11-22(12-14-23)27(35)29-17-25-30-31-28(33(25)18-20-7-3-2-4-8-20)37-19-26(34)32-16-15-21-9-5-6-10-24(21)32/h2-14H,15-19H2,1H3,(H,29,35). The summed E-state index contributed by atoms with van der Waals surface area (Å²) < 4.78 is 7.12. The van der Waals surface area contributed by atoms with Gasteiger partial charge in [-0.15, -0.1) is 10.2 Å². The summed E-state index contributed by atoms with van der Waals surface area (Å²) in [5.74, 6) is 1.38. The monoisotopic (exact) mass is 513 g/mol. The van der Waals surface area contributed by atoms with Crippen molar-refractivity contribution in [1.82, 2.24) is 20.1 Å². The Morgan fingerprint density at radius 3 is 2.51 bits per heavy atom. The molecule has 0 aliphatic carbocycles. The number of rotatable bonds is 9. The largest absolute Gasteiger partial charge is 0.497 e. The summed E-state index contributed by atoms with van der Waals surface area (Å²) in [5.41, 5.74) is 3.79. The maximum absolute atomic E-state index is 13.1. The van der Waals surface area contributed by atoms with Gasteiger partial charge in [0.2, 0.25) is 5.91 Å². The third kappa shape index (κ3) is 5.67. The van der Waals surface area contributed by atoms with Crippen molar-refractivity contribution in [3.05, 3.63) is 101 Å². The van der Waals surface area contributed by atoms with Crippen LogP contribution < -0.4 is 15.0 Å². The third-order valence-electron chi connectivity index (χ3n) is 6.25. The molecular formula is C28H27N5O3S. The molecule has 0 radical (unpaired) electrons. The highest BCUT2D eigenvalue weighted by Crippen LogP contribution is 2.29. The van der Waals surface area contributed by atoms with Gasteiger partial charge in [0.25, 0.3) is 5.91 Å². The molecule has 1 aliphatic rings. The van der Waals surface area contributed by atoms with E-state index in [0.717, 1.165) is 17.7 Å². The normalized spacial score (nSPS) is 12.3. The molecule has 2 heterocycles. The van der Waals surface area contributed by atoms with Gasteiger partial charge in [-0.3, -0.25) is 9.59 Å². The van der Waals surface area contributed by atoms with Crippen molar-refractivity contribution in [2.45, 2.75) is 24.7 Å². The van der Waals surface area contributed by atoms with Gasteiger partial charge < -0.3 is 19.5 Å². The average Bonchev–Trinajstić information content (AvgIpc) is 3.55. The van der Waals surface area contributed by atoms with Crippen LogP contribution in [0.4, 0.5) is 5.69 Å². The number of thioether (sulfide) groups is 1. The Morgan fingerprint density at radius 1 is 0.973 bits per heavy atom. The lowest BCUT2D eigenvalue weighted by Gasteiger charge is -2.17. The van der Waals surface area contributed by atoms with Crippen LogP contribution in [0.25, 0.3) is 0 Å². The van der Waals surface area contributed by atoms with E-state index in [9.17, 15) is 9.59 Å². The fraction of sp³-hybridized carbons (Fsp3) is 0.214. The lowest BCUT2D eigenvalue weighted by Crippen LogP contribution is -2.30. The fourth-order valence-electron chi connectivity index (χ4n) is 4.29. The molecule has 37 heavy (non-hydrogen) atoms. The Labute approximate surface area is 219 Å². The number of benzene rings is 3. The minimum Gasteiger partial charge on any atom is -0.497 e. The molecule has 2 amide bonds. The van der Waals surface area contributed by atoms with Crippen LogP contribution in [-0.4, -0.2) is 46.0 Å². The zero-order valence-electron chi connectivity index (χ0n) is 20.5. The van der Waals surface area contributed by atoms with Crippen molar-refractivity contribution in [3.63, 3.8) is 0 Å². The molecule has 0 atom stereocenters. The number of amides is 2. The summed E-state index contributed by atoms with van der Waals surface area (Å²) in [6.07, 6.45) is 0.870. The van der Waals surface area contributed by atoms with E-state index in [1.54, 1.807) is 31.4 Å². The van der Waals surface area contributed by atoms with Gasteiger partial charge in [0, 0.05) is 17.8 Å². The molecule has 0 saturated carbocycles. The molecule has 0 bridgehead atoms. The number of carbonyl (C=O) groups is 2. The second-order valence-electron chi connectivity index (χ2n) is 8.59. The first-order valence-electron chi connectivity index (χ1n) is 12.0. The summed E-state index contributed by atoms with van der Waals surface area (Å²) in [7, 11) is 1.59. The zero-order valence-corrected chi connectivity index (χ0v) is 21.3. The van der Waals surface area contributed by atoms with Gasteiger partial charge in [-0.25, -0.2) is 0 Å². The number of aromatic nitrogens is 3. The Balaban J connectivity index is 1.29. The number of carbonyl (C=O) groups excluding carboxylic acids is 2. The van der Waals surface area contributed by atoms with E-state index in [2.05, 4.69) is 21.6 Å². The number of nitrogens with zero attached hydrogens (tertiary/aromatic N) is 4. The summed E-state index contributed by atoms with van der Waals surface area (Å²) in [5, 5.41) is 12.3. The molecule has 188 valence electrons. The molecule has 8 nitrogen and oxygen atoms in total. The Hall–Kier alpha value is -4.11. The van der Waals surface area contributed by atoms with E-state index < -0.39 is 0 Å². The van der Waals surface area contributed by atoms with Crippen LogP contribution >= 0.6 is 11.8 Å². The summed E-state index contributed by atoms with van der Waals surface area (Å²) in [6, 6.07) is 24.9. The smallest absolute Gasteiger partial charge is 0.251 e. The number of para-hydroxylation sites is 1. The molecule has 0 unspecified atom stereocenters. The van der Waals surface area contributed by atoms with Crippen molar-refractivity contribution in [3.8, 4) is 5.75 Å². The first-order valence-corrected chi connectivity index (χ1v) is 13.0. The SMILES string of the molecule is COc1ccc(C(=O)NCc2nnc(SCC(=O)N3CCc4ccccc43)n2Cc2ccccc2)cc1. The number of fused-ring (bicyclic) bond motifs is 1. The molecule has 0 fully saturated rings. The third-order valence-corrected chi connectivity index (χ3v) is 7.20. The highest BCUT2D eigenvalue weighted by molar-refractivity contribution is 7.99. The van der Waals surface area contributed by atoms with Gasteiger partial charge in [-0.2, -0.15) is 0 Å². The van der Waals surface area contributed by atoms with Crippen LogP contribution in [0.3, 0.4) is 0 Å². The van der Waals surface area contributed by atoms with Gasteiger partial charge in [0.1, 0.15) is 5.75 Å². The van der Waals surface area contributed by atoms with E-state index in [1.807, 2.05) is 58.0 Å². The second-order valence-corrected chi connectivity index (χ2v) is 9.54. The molecule has 3 aromatic carbocycles. The first kappa shape index (κ1) is 24.6. The summed E-state index contributed by atoms with van der Waals surface area (Å²) in [4.78, 5) is 27.6. The van der Waals surface area contributed by atoms with E-state index in [-0.39, 0.29) is 24.1 Å². The van der Waals surface area contributed by atoms with Crippen LogP contribution in [0, 0.1) is 0 Å². The van der Waals surface area contributed by atoms with Crippen LogP contribution in [0.2, 0.25) is 0 Å². The van der Waals surface area contributed by atoms with Gasteiger partial charge in [0.05, 0.1) is 26.0 Å². The summed E-state index contributed by atoms with van der Waals surface area (Å²) >= 11 is 1.36. The minimum atomic E-state index is -0.214. The van der Waals surface area contributed by atoms with E-state index in [0.29, 0.717) is 35.4 Å². The molecule has 5 rings (SSSR count). The second kappa shape index (κ2) is 11.3. The molecule has 0 spiro atoms. The average molecular weight is 514 g/mol. The zero-order chi connectivity index (χ0) is 25.6. The van der Waals surface area contributed by atoms with Gasteiger partial charge >= 0.3 is 0 Å². The van der Waals surface area contributed by atoms with Gasteiger partial charge in [-0.1, -0.05) is 60.3 Å². The topological polar surface area (TPSA) is 89.3 Å². The lowest BCUT2D eigenvalue weighted by atomic mass is 10.2. The molecule has 9 heteroatoms. The van der Waals surface area contributed by atoms with Gasteiger partial charge in [0.15, 0.2) is 11.0 Å². The molecule has 1 aromatic heterocycles.